The first-order valence-electron chi connectivity index (χ1n) is 6.70. The molecular formula is C17H21NO. The highest BCUT2D eigenvalue weighted by Gasteiger charge is 2.05. The van der Waals surface area contributed by atoms with Gasteiger partial charge >= 0.3 is 0 Å². The molecule has 0 saturated carbocycles. The molecule has 0 aliphatic carbocycles. The molecule has 2 rings (SSSR count). The zero-order valence-electron chi connectivity index (χ0n) is 11.8. The van der Waals surface area contributed by atoms with Gasteiger partial charge in [0.25, 0.3) is 0 Å². The van der Waals surface area contributed by atoms with Gasteiger partial charge in [0.15, 0.2) is 0 Å². The fourth-order valence-electron chi connectivity index (χ4n) is 2.16. The van der Waals surface area contributed by atoms with Gasteiger partial charge in [0.2, 0.25) is 0 Å². The van der Waals surface area contributed by atoms with Crippen molar-refractivity contribution in [2.24, 2.45) is 0 Å². The lowest BCUT2D eigenvalue weighted by Gasteiger charge is -2.13. The van der Waals surface area contributed by atoms with E-state index in [9.17, 15) is 0 Å². The van der Waals surface area contributed by atoms with E-state index in [0.29, 0.717) is 0 Å². The average molecular weight is 255 g/mol. The van der Waals surface area contributed by atoms with Crippen molar-refractivity contribution in [2.45, 2.75) is 26.5 Å². The highest BCUT2D eigenvalue weighted by molar-refractivity contribution is 5.68. The van der Waals surface area contributed by atoms with Crippen molar-refractivity contribution in [2.75, 3.05) is 7.05 Å². The molecule has 0 aliphatic rings. The van der Waals surface area contributed by atoms with Crippen LogP contribution >= 0.6 is 0 Å². The van der Waals surface area contributed by atoms with Crippen LogP contribution in [0.4, 0.5) is 0 Å². The maximum Gasteiger partial charge on any atom is 0.120 e. The number of hydrogen-bond donors (Lipinski definition) is 1. The molecule has 100 valence electrons. The number of hydrogen-bond acceptors (Lipinski definition) is 2. The zero-order chi connectivity index (χ0) is 13.7. The Hall–Kier alpha value is -1.80. The third-order valence-corrected chi connectivity index (χ3v) is 2.90. The molecule has 1 N–H and O–H groups in total. The Morgan fingerprint density at radius 1 is 1.05 bits per heavy atom. The van der Waals surface area contributed by atoms with E-state index in [4.69, 9.17) is 4.74 Å². The van der Waals surface area contributed by atoms with Gasteiger partial charge in [-0.15, -0.1) is 0 Å². The molecule has 2 heteroatoms. The number of nitrogens with one attached hydrogen (secondary N) is 1. The normalized spacial score (nSPS) is 10.7. The lowest BCUT2D eigenvalue weighted by atomic mass is 9.99. The molecule has 19 heavy (non-hydrogen) atoms. The fraction of sp³-hybridized carbons (Fsp3) is 0.294. The molecule has 0 radical (unpaired) electrons. The predicted molar refractivity (Wildman–Crippen MR) is 80.4 cm³/mol. The molecule has 0 spiro atoms. The zero-order valence-corrected chi connectivity index (χ0v) is 11.8. The topological polar surface area (TPSA) is 21.3 Å². The van der Waals surface area contributed by atoms with Crippen LogP contribution < -0.4 is 10.1 Å². The molecule has 0 aromatic heterocycles. The average Bonchev–Trinajstić information content (AvgIpc) is 2.39. The summed E-state index contributed by atoms with van der Waals surface area (Å²) in [6.07, 6.45) is 0.197. The Morgan fingerprint density at radius 3 is 2.58 bits per heavy atom. The molecule has 0 bridgehead atoms. The molecule has 0 aliphatic heterocycles. The second-order valence-electron chi connectivity index (χ2n) is 4.88. The molecule has 0 unspecified atom stereocenters. The summed E-state index contributed by atoms with van der Waals surface area (Å²) in [5.41, 5.74) is 3.75. The van der Waals surface area contributed by atoms with Crippen LogP contribution in [0.5, 0.6) is 5.75 Å². The van der Waals surface area contributed by atoms with E-state index in [-0.39, 0.29) is 6.10 Å². The first kappa shape index (κ1) is 13.6. The summed E-state index contributed by atoms with van der Waals surface area (Å²) >= 11 is 0. The van der Waals surface area contributed by atoms with Gasteiger partial charge in [0.05, 0.1) is 6.10 Å². The van der Waals surface area contributed by atoms with Crippen molar-refractivity contribution in [3.8, 4) is 16.9 Å². The van der Waals surface area contributed by atoms with Crippen molar-refractivity contribution in [3.63, 3.8) is 0 Å². The van der Waals surface area contributed by atoms with Gasteiger partial charge in [-0.25, -0.2) is 0 Å². The van der Waals surface area contributed by atoms with Crippen molar-refractivity contribution in [3.05, 3.63) is 54.1 Å². The SMILES string of the molecule is CNCc1ccccc1-c1cccc(OC(C)C)c1. The monoisotopic (exact) mass is 255 g/mol. The highest BCUT2D eigenvalue weighted by Crippen LogP contribution is 2.27. The molecule has 0 saturated heterocycles. The van der Waals surface area contributed by atoms with Crippen LogP contribution in [-0.2, 0) is 6.54 Å². The van der Waals surface area contributed by atoms with E-state index in [0.717, 1.165) is 12.3 Å². The Bertz CT molecular complexity index is 534. The molecule has 0 atom stereocenters. The predicted octanol–water partition coefficient (Wildman–Crippen LogP) is 3.86. The summed E-state index contributed by atoms with van der Waals surface area (Å²) in [6, 6.07) is 16.7. The standard InChI is InChI=1S/C17H21NO/c1-13(2)19-16-9-6-8-14(11-16)17-10-5-4-7-15(17)12-18-3/h4-11,13,18H,12H2,1-3H3. The molecule has 2 aromatic rings. The van der Waals surface area contributed by atoms with Crippen LogP contribution in [0, 0.1) is 0 Å². The minimum atomic E-state index is 0.197. The molecule has 2 nitrogen and oxygen atoms in total. The van der Waals surface area contributed by atoms with Crippen LogP contribution in [-0.4, -0.2) is 13.2 Å². The molecule has 0 heterocycles. The first-order chi connectivity index (χ1) is 9.20. The smallest absolute Gasteiger partial charge is 0.120 e. The number of rotatable bonds is 5. The van der Waals surface area contributed by atoms with Gasteiger partial charge in [-0.2, -0.15) is 0 Å². The molecule has 2 aromatic carbocycles. The Labute approximate surface area is 115 Å². The van der Waals surface area contributed by atoms with E-state index >= 15 is 0 Å². The number of ether oxygens (including phenoxy) is 1. The minimum Gasteiger partial charge on any atom is -0.491 e. The van der Waals surface area contributed by atoms with E-state index in [1.807, 2.05) is 33.0 Å². The maximum atomic E-state index is 5.76. The van der Waals surface area contributed by atoms with E-state index in [1.54, 1.807) is 0 Å². The Balaban J connectivity index is 2.36. The fourth-order valence-corrected chi connectivity index (χ4v) is 2.16. The largest absolute Gasteiger partial charge is 0.491 e. The first-order valence-corrected chi connectivity index (χ1v) is 6.70. The van der Waals surface area contributed by atoms with E-state index in [2.05, 4.69) is 41.7 Å². The van der Waals surface area contributed by atoms with Gasteiger partial charge < -0.3 is 10.1 Å². The van der Waals surface area contributed by atoms with Gasteiger partial charge in [-0.05, 0) is 49.7 Å². The highest BCUT2D eigenvalue weighted by atomic mass is 16.5. The van der Waals surface area contributed by atoms with Crippen LogP contribution in [0.2, 0.25) is 0 Å². The minimum absolute atomic E-state index is 0.197. The lowest BCUT2D eigenvalue weighted by Crippen LogP contribution is -2.07. The molecular weight excluding hydrogens is 234 g/mol. The maximum absolute atomic E-state index is 5.76. The summed E-state index contributed by atoms with van der Waals surface area (Å²) in [5, 5.41) is 3.21. The van der Waals surface area contributed by atoms with Crippen LogP contribution in [0.25, 0.3) is 11.1 Å². The second-order valence-corrected chi connectivity index (χ2v) is 4.88. The van der Waals surface area contributed by atoms with Crippen molar-refractivity contribution >= 4 is 0 Å². The second kappa shape index (κ2) is 6.39. The Morgan fingerprint density at radius 2 is 1.84 bits per heavy atom. The van der Waals surface area contributed by atoms with Crippen LogP contribution in [0.1, 0.15) is 19.4 Å². The quantitative estimate of drug-likeness (QED) is 0.876. The van der Waals surface area contributed by atoms with Crippen molar-refractivity contribution in [1.29, 1.82) is 0 Å². The van der Waals surface area contributed by atoms with E-state index in [1.165, 1.54) is 16.7 Å². The Kier molecular flexibility index (Phi) is 4.58. The number of benzene rings is 2. The summed E-state index contributed by atoms with van der Waals surface area (Å²) in [5.74, 6) is 0.923. The van der Waals surface area contributed by atoms with Crippen molar-refractivity contribution in [1.82, 2.24) is 5.32 Å². The van der Waals surface area contributed by atoms with Crippen LogP contribution in [0.15, 0.2) is 48.5 Å². The summed E-state index contributed by atoms with van der Waals surface area (Å²) in [6.45, 7) is 4.95. The summed E-state index contributed by atoms with van der Waals surface area (Å²) in [4.78, 5) is 0. The lowest BCUT2D eigenvalue weighted by molar-refractivity contribution is 0.242. The third-order valence-electron chi connectivity index (χ3n) is 2.90. The third kappa shape index (κ3) is 3.58. The van der Waals surface area contributed by atoms with Gasteiger partial charge in [0.1, 0.15) is 5.75 Å². The van der Waals surface area contributed by atoms with Gasteiger partial charge in [0, 0.05) is 6.54 Å². The van der Waals surface area contributed by atoms with Crippen molar-refractivity contribution < 1.29 is 4.74 Å². The summed E-state index contributed by atoms with van der Waals surface area (Å²) in [7, 11) is 1.97. The van der Waals surface area contributed by atoms with Crippen LogP contribution in [0.3, 0.4) is 0 Å². The van der Waals surface area contributed by atoms with Gasteiger partial charge in [-0.3, -0.25) is 0 Å². The molecule has 0 fully saturated rings. The molecule has 0 amide bonds. The van der Waals surface area contributed by atoms with E-state index < -0.39 is 0 Å². The van der Waals surface area contributed by atoms with Gasteiger partial charge in [-0.1, -0.05) is 36.4 Å². The summed E-state index contributed by atoms with van der Waals surface area (Å²) < 4.78 is 5.76.